The molecule has 0 saturated carbocycles. The van der Waals surface area contributed by atoms with Gasteiger partial charge in [0.2, 0.25) is 0 Å². The average Bonchev–Trinajstić information content (AvgIpc) is 2.89. The van der Waals surface area contributed by atoms with E-state index in [1.165, 1.54) is 0 Å². The monoisotopic (exact) mass is 311 g/mol. The van der Waals surface area contributed by atoms with Crippen LogP contribution in [0.2, 0.25) is 5.02 Å². The van der Waals surface area contributed by atoms with Gasteiger partial charge in [-0.2, -0.15) is 5.10 Å². The van der Waals surface area contributed by atoms with Crippen LogP contribution in [-0.2, 0) is 16.6 Å². The first kappa shape index (κ1) is 15.1. The van der Waals surface area contributed by atoms with Gasteiger partial charge in [0.1, 0.15) is 0 Å². The molecule has 4 nitrogen and oxygen atoms in total. The first-order chi connectivity index (χ1) is 9.51. The Labute approximate surface area is 126 Å². The van der Waals surface area contributed by atoms with E-state index in [4.69, 9.17) is 17.3 Å². The smallest absolute Gasteiger partial charge is 0.0753 e. The lowest BCUT2D eigenvalue weighted by Crippen LogP contribution is -2.05. The Kier molecular flexibility index (Phi) is 4.83. The molecule has 2 N–H and O–H groups in total. The highest BCUT2D eigenvalue weighted by Gasteiger charge is 2.10. The van der Waals surface area contributed by atoms with Crippen molar-refractivity contribution < 1.29 is 4.21 Å². The molecule has 0 radical (unpaired) electrons. The number of hydrogen-bond acceptors (Lipinski definition) is 3. The molecule has 0 spiro atoms. The first-order valence-corrected chi connectivity index (χ1v) is 8.18. The maximum Gasteiger partial charge on any atom is 0.0753 e. The van der Waals surface area contributed by atoms with Gasteiger partial charge in [-0.1, -0.05) is 18.5 Å². The predicted molar refractivity (Wildman–Crippen MR) is 83.2 cm³/mol. The van der Waals surface area contributed by atoms with Crippen molar-refractivity contribution in [3.63, 3.8) is 0 Å². The zero-order valence-electron chi connectivity index (χ0n) is 11.5. The Hall–Kier alpha value is -1.33. The van der Waals surface area contributed by atoms with Gasteiger partial charge in [-0.05, 0) is 37.6 Å². The van der Waals surface area contributed by atoms with Crippen LogP contribution in [0.4, 0.5) is 5.69 Å². The predicted octanol–water partition coefficient (Wildman–Crippen LogP) is 3.40. The summed E-state index contributed by atoms with van der Waals surface area (Å²) in [7, 11) is -1.17. The molecule has 2 unspecified atom stereocenters. The van der Waals surface area contributed by atoms with Crippen LogP contribution in [0.1, 0.15) is 32.0 Å². The van der Waals surface area contributed by atoms with E-state index in [0.717, 1.165) is 12.1 Å². The molecular formula is C14H18ClN3OS. The fourth-order valence-electron chi connectivity index (χ4n) is 1.75. The van der Waals surface area contributed by atoms with E-state index >= 15 is 0 Å². The molecule has 108 valence electrons. The molecule has 1 heterocycles. The summed E-state index contributed by atoms with van der Waals surface area (Å²) >= 11 is 5.95. The molecule has 2 rings (SSSR count). The summed E-state index contributed by atoms with van der Waals surface area (Å²) in [6.45, 7) is 4.22. The van der Waals surface area contributed by atoms with Gasteiger partial charge >= 0.3 is 0 Å². The molecule has 0 aliphatic rings. The van der Waals surface area contributed by atoms with Crippen LogP contribution in [0.15, 0.2) is 35.4 Å². The Morgan fingerprint density at radius 2 is 2.20 bits per heavy atom. The molecule has 20 heavy (non-hydrogen) atoms. The minimum absolute atomic E-state index is 0.350. The molecule has 6 heteroatoms. The van der Waals surface area contributed by atoms with Gasteiger partial charge in [0.25, 0.3) is 0 Å². The van der Waals surface area contributed by atoms with Crippen LogP contribution < -0.4 is 5.73 Å². The summed E-state index contributed by atoms with van der Waals surface area (Å²) in [4.78, 5) is 0.669. The molecule has 1 aromatic heterocycles. The molecule has 0 aliphatic heterocycles. The van der Waals surface area contributed by atoms with E-state index in [1.54, 1.807) is 18.2 Å². The lowest BCUT2D eigenvalue weighted by atomic mass is 10.3. The summed E-state index contributed by atoms with van der Waals surface area (Å²) in [5.41, 5.74) is 6.96. The Morgan fingerprint density at radius 3 is 2.85 bits per heavy atom. The Bertz CT molecular complexity index is 627. The normalized spacial score (nSPS) is 14.2. The van der Waals surface area contributed by atoms with Crippen molar-refractivity contribution in [2.24, 2.45) is 0 Å². The molecule has 1 aromatic carbocycles. The minimum atomic E-state index is -1.17. The summed E-state index contributed by atoms with van der Waals surface area (Å²) in [6, 6.07) is 7.32. The van der Waals surface area contributed by atoms with Gasteiger partial charge in [-0.25, -0.2) is 0 Å². The standard InChI is InChI=1S/C14H18ClN3OS/c1-3-10(2)18-7-6-11(17-18)9-20(19)12-4-5-14(16)13(15)8-12/h4-8,10H,3,9,16H2,1-2H3. The third kappa shape index (κ3) is 3.41. The van der Waals surface area contributed by atoms with Gasteiger partial charge in [0.15, 0.2) is 0 Å². The first-order valence-electron chi connectivity index (χ1n) is 6.48. The van der Waals surface area contributed by atoms with Crippen molar-refractivity contribution in [3.8, 4) is 0 Å². The summed E-state index contributed by atoms with van der Waals surface area (Å²) in [5, 5.41) is 4.88. The van der Waals surface area contributed by atoms with E-state index in [1.807, 2.05) is 16.9 Å². The fraction of sp³-hybridized carbons (Fsp3) is 0.357. The van der Waals surface area contributed by atoms with Crippen molar-refractivity contribution >= 4 is 28.1 Å². The van der Waals surface area contributed by atoms with Gasteiger partial charge in [0.05, 0.1) is 33.0 Å². The molecule has 0 aliphatic carbocycles. The number of aromatic nitrogens is 2. The van der Waals surface area contributed by atoms with Crippen LogP contribution in [0, 0.1) is 0 Å². The van der Waals surface area contributed by atoms with Gasteiger partial charge in [-0.15, -0.1) is 0 Å². The highest BCUT2D eigenvalue weighted by molar-refractivity contribution is 7.84. The van der Waals surface area contributed by atoms with E-state index in [0.29, 0.717) is 27.4 Å². The number of anilines is 1. The molecule has 0 amide bonds. The molecular weight excluding hydrogens is 294 g/mol. The summed E-state index contributed by atoms with van der Waals surface area (Å²) in [6.07, 6.45) is 2.94. The van der Waals surface area contributed by atoms with Crippen molar-refractivity contribution in [2.45, 2.75) is 37.0 Å². The zero-order chi connectivity index (χ0) is 14.7. The molecule has 0 saturated heterocycles. The van der Waals surface area contributed by atoms with Crippen molar-refractivity contribution in [2.75, 3.05) is 5.73 Å². The summed E-state index contributed by atoms with van der Waals surface area (Å²) in [5.74, 6) is 0.379. The highest BCUT2D eigenvalue weighted by Crippen LogP contribution is 2.22. The number of nitrogen functional groups attached to an aromatic ring is 1. The molecule has 2 atom stereocenters. The Morgan fingerprint density at radius 1 is 1.45 bits per heavy atom. The van der Waals surface area contributed by atoms with Crippen LogP contribution in [0.5, 0.6) is 0 Å². The fourth-order valence-corrected chi connectivity index (χ4v) is 3.06. The number of nitrogens with two attached hydrogens (primary N) is 1. The third-order valence-electron chi connectivity index (χ3n) is 3.22. The highest BCUT2D eigenvalue weighted by atomic mass is 35.5. The van der Waals surface area contributed by atoms with Gasteiger partial charge in [-0.3, -0.25) is 8.89 Å². The maximum absolute atomic E-state index is 12.3. The second-order valence-electron chi connectivity index (χ2n) is 4.72. The second kappa shape index (κ2) is 6.41. The van der Waals surface area contributed by atoms with E-state index < -0.39 is 10.8 Å². The van der Waals surface area contributed by atoms with Crippen molar-refractivity contribution in [1.82, 2.24) is 9.78 Å². The number of benzene rings is 1. The minimum Gasteiger partial charge on any atom is -0.398 e. The molecule has 0 fully saturated rings. The van der Waals surface area contributed by atoms with Gasteiger partial charge in [0, 0.05) is 17.1 Å². The van der Waals surface area contributed by atoms with Crippen LogP contribution in [-0.4, -0.2) is 14.0 Å². The molecule has 0 bridgehead atoms. The second-order valence-corrected chi connectivity index (χ2v) is 6.58. The van der Waals surface area contributed by atoms with Crippen molar-refractivity contribution in [1.29, 1.82) is 0 Å². The maximum atomic E-state index is 12.3. The third-order valence-corrected chi connectivity index (χ3v) is 4.88. The van der Waals surface area contributed by atoms with E-state index in [9.17, 15) is 4.21 Å². The van der Waals surface area contributed by atoms with Crippen LogP contribution >= 0.6 is 11.6 Å². The van der Waals surface area contributed by atoms with E-state index in [-0.39, 0.29) is 0 Å². The van der Waals surface area contributed by atoms with E-state index in [2.05, 4.69) is 18.9 Å². The number of rotatable bonds is 5. The largest absolute Gasteiger partial charge is 0.398 e. The Balaban J connectivity index is 2.11. The molecule has 2 aromatic rings. The average molecular weight is 312 g/mol. The number of nitrogens with zero attached hydrogens (tertiary/aromatic N) is 2. The SMILES string of the molecule is CCC(C)n1ccc(CS(=O)c2ccc(N)c(Cl)c2)n1. The topological polar surface area (TPSA) is 60.9 Å². The lowest BCUT2D eigenvalue weighted by Gasteiger charge is -2.08. The quantitative estimate of drug-likeness (QED) is 0.861. The number of halogens is 1. The van der Waals surface area contributed by atoms with Gasteiger partial charge < -0.3 is 5.73 Å². The van der Waals surface area contributed by atoms with Crippen LogP contribution in [0.3, 0.4) is 0 Å². The summed E-state index contributed by atoms with van der Waals surface area (Å²) < 4.78 is 14.2. The zero-order valence-corrected chi connectivity index (χ0v) is 13.1. The van der Waals surface area contributed by atoms with Crippen molar-refractivity contribution in [3.05, 3.63) is 41.2 Å². The number of hydrogen-bond donors (Lipinski definition) is 1. The lowest BCUT2D eigenvalue weighted by molar-refractivity contribution is 0.475. The van der Waals surface area contributed by atoms with Crippen LogP contribution in [0.25, 0.3) is 0 Å².